The summed E-state index contributed by atoms with van der Waals surface area (Å²) >= 11 is 0. The Hall–Kier alpha value is -4.71. The number of likely N-dealkylation sites (tertiary alicyclic amines) is 1. The van der Waals surface area contributed by atoms with Gasteiger partial charge in [-0.1, -0.05) is 36.4 Å². The molecule has 3 aromatic carbocycles. The number of piperidine rings is 1. The second-order valence-electron chi connectivity index (χ2n) is 9.70. The highest BCUT2D eigenvalue weighted by atomic mass is 16.5. The third-order valence-electron chi connectivity index (χ3n) is 6.93. The van der Waals surface area contributed by atoms with Gasteiger partial charge in [0.25, 0.3) is 11.8 Å². The number of ether oxygens (including phenoxy) is 1. The van der Waals surface area contributed by atoms with Crippen LogP contribution in [0.2, 0.25) is 0 Å². The van der Waals surface area contributed by atoms with Crippen molar-refractivity contribution in [1.82, 2.24) is 9.88 Å². The predicted molar refractivity (Wildman–Crippen MR) is 154 cm³/mol. The number of rotatable bonds is 7. The Morgan fingerprint density at radius 2 is 1.56 bits per heavy atom. The lowest BCUT2D eigenvalue weighted by Gasteiger charge is -2.32. The lowest BCUT2D eigenvalue weighted by atomic mass is 9.89. The number of benzene rings is 3. The highest BCUT2D eigenvalue weighted by Gasteiger charge is 2.24. The fourth-order valence-corrected chi connectivity index (χ4v) is 4.73. The van der Waals surface area contributed by atoms with Gasteiger partial charge in [0, 0.05) is 42.3 Å². The van der Waals surface area contributed by atoms with E-state index in [0.717, 1.165) is 29.8 Å². The molecule has 0 saturated carbocycles. The standard InChI is InChI=1S/C33H31N3O3/c1-24(22-25-6-5-19-34-23-25)32(37)35-29-13-9-26(10-14-29)27-17-20-36(21-18-27)33(38)28-11-15-31(16-12-28)39-30-7-3-2-4-8-30/h2-16,19,22-23,27H,17-18,20-21H2,1H3,(H,35,37)/b24-22+. The molecule has 2 heterocycles. The lowest BCUT2D eigenvalue weighted by Crippen LogP contribution is -2.37. The van der Waals surface area contributed by atoms with Crippen LogP contribution in [0.15, 0.2) is 109 Å². The third-order valence-corrected chi connectivity index (χ3v) is 6.93. The van der Waals surface area contributed by atoms with Gasteiger partial charge >= 0.3 is 0 Å². The number of pyridine rings is 1. The van der Waals surface area contributed by atoms with Crippen LogP contribution in [0.5, 0.6) is 11.5 Å². The number of carbonyl (C=O) groups is 2. The first-order valence-corrected chi connectivity index (χ1v) is 13.2. The Labute approximate surface area is 229 Å². The van der Waals surface area contributed by atoms with Crippen molar-refractivity contribution in [3.8, 4) is 11.5 Å². The van der Waals surface area contributed by atoms with Crippen LogP contribution in [-0.4, -0.2) is 34.8 Å². The van der Waals surface area contributed by atoms with E-state index in [-0.39, 0.29) is 11.8 Å². The van der Waals surface area contributed by atoms with Crippen molar-refractivity contribution in [3.63, 3.8) is 0 Å². The molecule has 0 aliphatic carbocycles. The van der Waals surface area contributed by atoms with Crippen molar-refractivity contribution < 1.29 is 14.3 Å². The Kier molecular flexibility index (Phi) is 8.12. The van der Waals surface area contributed by atoms with Crippen molar-refractivity contribution in [2.45, 2.75) is 25.7 Å². The summed E-state index contributed by atoms with van der Waals surface area (Å²) in [5, 5.41) is 2.96. The molecule has 0 spiro atoms. The van der Waals surface area contributed by atoms with Crippen LogP contribution in [0.25, 0.3) is 6.08 Å². The van der Waals surface area contributed by atoms with E-state index in [1.54, 1.807) is 19.3 Å². The molecule has 1 aliphatic rings. The van der Waals surface area contributed by atoms with E-state index in [4.69, 9.17) is 4.74 Å². The van der Waals surface area contributed by atoms with Gasteiger partial charge in [-0.05, 0) is 97.5 Å². The van der Waals surface area contributed by atoms with Gasteiger partial charge in [-0.25, -0.2) is 0 Å². The van der Waals surface area contributed by atoms with E-state index < -0.39 is 0 Å². The van der Waals surface area contributed by atoms with Crippen molar-refractivity contribution in [1.29, 1.82) is 0 Å². The summed E-state index contributed by atoms with van der Waals surface area (Å²) in [6, 6.07) is 28.7. The minimum atomic E-state index is -0.141. The Morgan fingerprint density at radius 1 is 0.872 bits per heavy atom. The SMILES string of the molecule is C/C(=C\c1cccnc1)C(=O)Nc1ccc(C2CCN(C(=O)c3ccc(Oc4ccccc4)cc3)CC2)cc1. The van der Waals surface area contributed by atoms with Crippen LogP contribution >= 0.6 is 0 Å². The van der Waals surface area contributed by atoms with E-state index in [0.29, 0.717) is 35.9 Å². The summed E-state index contributed by atoms with van der Waals surface area (Å²) in [6.45, 7) is 3.21. The van der Waals surface area contributed by atoms with Gasteiger partial charge in [0.2, 0.25) is 0 Å². The molecule has 1 fully saturated rings. The van der Waals surface area contributed by atoms with Gasteiger partial charge in [-0.2, -0.15) is 0 Å². The number of anilines is 1. The summed E-state index contributed by atoms with van der Waals surface area (Å²) in [5.41, 5.74) is 4.16. The molecule has 1 aliphatic heterocycles. The Bertz CT molecular complexity index is 1430. The molecular formula is C33H31N3O3. The maximum atomic E-state index is 13.1. The molecule has 0 radical (unpaired) electrons. The van der Waals surface area contributed by atoms with Gasteiger partial charge in [0.05, 0.1) is 0 Å². The minimum Gasteiger partial charge on any atom is -0.457 e. The van der Waals surface area contributed by atoms with Crippen LogP contribution < -0.4 is 10.1 Å². The van der Waals surface area contributed by atoms with E-state index >= 15 is 0 Å². The first kappa shape index (κ1) is 25.9. The summed E-state index contributed by atoms with van der Waals surface area (Å²) < 4.78 is 5.83. The van der Waals surface area contributed by atoms with Crippen LogP contribution in [0, 0.1) is 0 Å². The average Bonchev–Trinajstić information content (AvgIpc) is 2.99. The van der Waals surface area contributed by atoms with Crippen LogP contribution in [-0.2, 0) is 4.79 Å². The second-order valence-corrected chi connectivity index (χ2v) is 9.70. The van der Waals surface area contributed by atoms with E-state index in [2.05, 4.69) is 22.4 Å². The van der Waals surface area contributed by atoms with Crippen LogP contribution in [0.4, 0.5) is 5.69 Å². The number of nitrogens with one attached hydrogen (secondary N) is 1. The molecule has 6 nitrogen and oxygen atoms in total. The number of amides is 2. The molecule has 1 saturated heterocycles. The largest absolute Gasteiger partial charge is 0.457 e. The van der Waals surface area contributed by atoms with Crippen molar-refractivity contribution in [2.75, 3.05) is 18.4 Å². The molecule has 0 atom stereocenters. The smallest absolute Gasteiger partial charge is 0.253 e. The highest BCUT2D eigenvalue weighted by molar-refractivity contribution is 6.06. The number of carbonyl (C=O) groups excluding carboxylic acids is 2. The Balaban J connectivity index is 1.12. The number of nitrogens with zero attached hydrogens (tertiary/aromatic N) is 2. The highest BCUT2D eigenvalue weighted by Crippen LogP contribution is 2.30. The van der Waals surface area contributed by atoms with E-state index in [1.165, 1.54) is 5.56 Å². The molecule has 6 heteroatoms. The normalized spacial score (nSPS) is 14.1. The second kappa shape index (κ2) is 12.2. The lowest BCUT2D eigenvalue weighted by molar-refractivity contribution is -0.112. The quantitative estimate of drug-likeness (QED) is 0.270. The summed E-state index contributed by atoms with van der Waals surface area (Å²) in [5.74, 6) is 1.76. The molecule has 0 bridgehead atoms. The van der Waals surface area contributed by atoms with Crippen molar-refractivity contribution in [2.24, 2.45) is 0 Å². The number of para-hydroxylation sites is 1. The maximum absolute atomic E-state index is 13.1. The maximum Gasteiger partial charge on any atom is 0.253 e. The van der Waals surface area contributed by atoms with Gasteiger partial charge in [-0.3, -0.25) is 14.6 Å². The molecule has 39 heavy (non-hydrogen) atoms. The third kappa shape index (κ3) is 6.79. The minimum absolute atomic E-state index is 0.0486. The summed E-state index contributed by atoms with van der Waals surface area (Å²) in [4.78, 5) is 31.6. The molecule has 5 rings (SSSR count). The first-order valence-electron chi connectivity index (χ1n) is 13.2. The average molecular weight is 518 g/mol. The van der Waals surface area contributed by atoms with Gasteiger partial charge < -0.3 is 15.0 Å². The first-order chi connectivity index (χ1) is 19.0. The zero-order valence-corrected chi connectivity index (χ0v) is 21.9. The van der Waals surface area contributed by atoms with Crippen LogP contribution in [0.1, 0.15) is 47.2 Å². The Morgan fingerprint density at radius 3 is 2.23 bits per heavy atom. The monoisotopic (exact) mass is 517 g/mol. The molecule has 196 valence electrons. The van der Waals surface area contributed by atoms with Gasteiger partial charge in [-0.15, -0.1) is 0 Å². The van der Waals surface area contributed by atoms with Gasteiger partial charge in [0.1, 0.15) is 11.5 Å². The molecule has 1 N–H and O–H groups in total. The van der Waals surface area contributed by atoms with Crippen LogP contribution in [0.3, 0.4) is 0 Å². The zero-order valence-electron chi connectivity index (χ0n) is 21.9. The topological polar surface area (TPSA) is 71.5 Å². The predicted octanol–water partition coefficient (Wildman–Crippen LogP) is 6.94. The van der Waals surface area contributed by atoms with Crippen molar-refractivity contribution in [3.05, 3.63) is 126 Å². The number of hydrogen-bond donors (Lipinski definition) is 1. The van der Waals surface area contributed by atoms with Crippen molar-refractivity contribution >= 4 is 23.6 Å². The molecule has 4 aromatic rings. The van der Waals surface area contributed by atoms with E-state index in [9.17, 15) is 9.59 Å². The molecule has 0 unspecified atom stereocenters. The zero-order chi connectivity index (χ0) is 27.0. The summed E-state index contributed by atoms with van der Waals surface area (Å²) in [7, 11) is 0. The van der Waals surface area contributed by atoms with E-state index in [1.807, 2.05) is 89.8 Å². The number of aromatic nitrogens is 1. The van der Waals surface area contributed by atoms with Gasteiger partial charge in [0.15, 0.2) is 0 Å². The molecule has 1 aromatic heterocycles. The fourth-order valence-electron chi connectivity index (χ4n) is 4.73. The molecule has 2 amide bonds. The molecular weight excluding hydrogens is 486 g/mol. The fraction of sp³-hybridized carbons (Fsp3) is 0.182. The summed E-state index contributed by atoms with van der Waals surface area (Å²) in [6.07, 6.45) is 7.05. The number of hydrogen-bond acceptors (Lipinski definition) is 4.